The maximum Gasteiger partial charge on any atom is 0.343 e. The maximum atomic E-state index is 15.2. The summed E-state index contributed by atoms with van der Waals surface area (Å²) < 4.78 is 21.9. The Kier molecular flexibility index (Phi) is 9.60. The number of amides is 3. The molecule has 3 amide bonds. The van der Waals surface area contributed by atoms with Crippen molar-refractivity contribution in [3.8, 4) is 11.4 Å². The van der Waals surface area contributed by atoms with Crippen molar-refractivity contribution < 1.29 is 33.4 Å². The number of carbonyl (C=O) groups excluding carboxylic acids is 4. The number of fused-ring (bicyclic) bond motifs is 5. The number of ether oxygens (including phenoxy) is 1. The van der Waals surface area contributed by atoms with Crippen molar-refractivity contribution in [2.75, 3.05) is 13.1 Å². The van der Waals surface area contributed by atoms with E-state index in [2.05, 4.69) is 16.0 Å². The Morgan fingerprint density at radius 1 is 1.11 bits per heavy atom. The van der Waals surface area contributed by atoms with Crippen LogP contribution in [0.25, 0.3) is 22.3 Å². The predicted octanol–water partition coefficient (Wildman–Crippen LogP) is 2.21. The number of nitrogens with one attached hydrogen (secondary N) is 3. The fourth-order valence-electron chi connectivity index (χ4n) is 7.76. The van der Waals surface area contributed by atoms with Crippen LogP contribution >= 0.6 is 0 Å². The predicted molar refractivity (Wildman–Crippen MR) is 192 cm³/mol. The summed E-state index contributed by atoms with van der Waals surface area (Å²) in [6.45, 7) is 3.18. The van der Waals surface area contributed by atoms with Gasteiger partial charge in [-0.1, -0.05) is 37.3 Å². The Hall–Kier alpha value is -5.47. The molecular weight excluding hydrogens is 683 g/mol. The summed E-state index contributed by atoms with van der Waals surface area (Å²) in [5.41, 5.74) is 8.84. The molecule has 0 radical (unpaired) electrons. The van der Waals surface area contributed by atoms with Crippen LogP contribution in [0.5, 0.6) is 0 Å². The van der Waals surface area contributed by atoms with Gasteiger partial charge in [0.1, 0.15) is 12.4 Å². The Bertz CT molecular complexity index is 2240. The number of pyridine rings is 2. The van der Waals surface area contributed by atoms with Crippen molar-refractivity contribution in [3.63, 3.8) is 0 Å². The Morgan fingerprint density at radius 2 is 1.89 bits per heavy atom. The first-order valence-electron chi connectivity index (χ1n) is 17.9. The summed E-state index contributed by atoms with van der Waals surface area (Å²) in [4.78, 5) is 69.4. The molecule has 3 aliphatic rings. The van der Waals surface area contributed by atoms with Gasteiger partial charge in [0.2, 0.25) is 17.7 Å². The molecule has 3 atom stereocenters. The van der Waals surface area contributed by atoms with E-state index in [9.17, 15) is 29.1 Å². The molecule has 7 rings (SSSR count). The van der Waals surface area contributed by atoms with Crippen LogP contribution in [0.4, 0.5) is 4.39 Å². The zero-order valence-electron chi connectivity index (χ0n) is 29.5. The molecule has 0 unspecified atom stereocenters. The standard InChI is InChI=1S/C39H41FN6O7/c1-3-39(52)25-15-30-35-23(18-46(30)37(50)24(25)19-53-38(39)51)34-28(12-11-22-20(2)26(40)16-29(45-35)33(22)34)44-31(47)10-7-13-42-32(48)17-43-36(49)27(41)14-21-8-5-4-6-9-21/h4-6,8-9,15-16,27-28,52H,3,7,10-14,17-19,41H2,1-2H3,(H,42,48)(H,43,49)(H,44,47)/t27-,28-,39-/m0/s1. The summed E-state index contributed by atoms with van der Waals surface area (Å²) in [5, 5.41) is 20.4. The van der Waals surface area contributed by atoms with Crippen molar-refractivity contribution in [2.45, 2.75) is 83.2 Å². The molecule has 2 aromatic heterocycles. The largest absolute Gasteiger partial charge is 0.458 e. The lowest BCUT2D eigenvalue weighted by molar-refractivity contribution is -0.172. The number of hydrogen-bond acceptors (Lipinski definition) is 9. The van der Waals surface area contributed by atoms with Crippen LogP contribution < -0.4 is 27.2 Å². The van der Waals surface area contributed by atoms with E-state index in [0.717, 1.165) is 22.1 Å². The average Bonchev–Trinajstić information content (AvgIpc) is 3.52. The smallest absolute Gasteiger partial charge is 0.343 e. The molecule has 1 aliphatic carbocycles. The Labute approximate surface area is 304 Å². The van der Waals surface area contributed by atoms with Gasteiger partial charge in [-0.15, -0.1) is 0 Å². The number of benzene rings is 2. The van der Waals surface area contributed by atoms with Gasteiger partial charge in [0.05, 0.1) is 47.6 Å². The molecule has 0 bridgehead atoms. The van der Waals surface area contributed by atoms with Gasteiger partial charge in [-0.2, -0.15) is 0 Å². The fourth-order valence-corrected chi connectivity index (χ4v) is 7.76. The van der Waals surface area contributed by atoms with Crippen molar-refractivity contribution in [2.24, 2.45) is 5.73 Å². The number of nitrogens with two attached hydrogens (primary N) is 1. The van der Waals surface area contributed by atoms with E-state index >= 15 is 4.39 Å². The molecule has 53 heavy (non-hydrogen) atoms. The summed E-state index contributed by atoms with van der Waals surface area (Å²) in [6, 6.07) is 11.0. The zero-order valence-corrected chi connectivity index (χ0v) is 29.5. The summed E-state index contributed by atoms with van der Waals surface area (Å²) in [5.74, 6) is -2.33. The number of hydrogen-bond donors (Lipinski definition) is 5. The minimum atomic E-state index is -1.99. The average molecular weight is 725 g/mol. The highest BCUT2D eigenvalue weighted by atomic mass is 19.1. The van der Waals surface area contributed by atoms with Gasteiger partial charge in [0.25, 0.3) is 5.56 Å². The molecule has 0 saturated carbocycles. The van der Waals surface area contributed by atoms with Crippen LogP contribution in [0, 0.1) is 12.7 Å². The molecule has 13 nitrogen and oxygen atoms in total. The highest BCUT2D eigenvalue weighted by Gasteiger charge is 2.46. The molecule has 4 aromatic rings. The Morgan fingerprint density at radius 3 is 2.64 bits per heavy atom. The third-order valence-electron chi connectivity index (χ3n) is 10.7. The van der Waals surface area contributed by atoms with Gasteiger partial charge < -0.3 is 36.1 Å². The van der Waals surface area contributed by atoms with Crippen molar-refractivity contribution >= 4 is 34.6 Å². The fraction of sp³-hybridized carbons (Fsp3) is 0.385. The van der Waals surface area contributed by atoms with E-state index in [4.69, 9.17) is 15.5 Å². The van der Waals surface area contributed by atoms with Crippen LogP contribution in [0.15, 0.2) is 47.3 Å². The van der Waals surface area contributed by atoms with Crippen molar-refractivity contribution in [1.29, 1.82) is 0 Å². The van der Waals surface area contributed by atoms with E-state index in [-0.39, 0.29) is 56.1 Å². The lowest BCUT2D eigenvalue weighted by Gasteiger charge is -2.31. The molecule has 2 aromatic carbocycles. The monoisotopic (exact) mass is 724 g/mol. The van der Waals surface area contributed by atoms with Crippen LogP contribution in [-0.2, 0) is 55.5 Å². The Balaban J connectivity index is 1.05. The number of halogens is 1. The first kappa shape index (κ1) is 35.9. The quantitative estimate of drug-likeness (QED) is 0.100. The number of nitrogens with zero attached hydrogens (tertiary/aromatic N) is 2. The topological polar surface area (TPSA) is 195 Å². The third kappa shape index (κ3) is 6.46. The van der Waals surface area contributed by atoms with Gasteiger partial charge in [-0.05, 0) is 67.3 Å². The molecule has 14 heteroatoms. The second-order valence-electron chi connectivity index (χ2n) is 13.9. The second-order valence-corrected chi connectivity index (χ2v) is 13.9. The number of aliphatic hydroxyl groups is 1. The number of esters is 1. The van der Waals surface area contributed by atoms with E-state index in [1.54, 1.807) is 19.9 Å². The lowest BCUT2D eigenvalue weighted by Crippen LogP contribution is -2.46. The van der Waals surface area contributed by atoms with Gasteiger partial charge in [0, 0.05) is 35.5 Å². The molecule has 0 fully saturated rings. The summed E-state index contributed by atoms with van der Waals surface area (Å²) >= 11 is 0. The second kappa shape index (κ2) is 14.2. The first-order chi connectivity index (χ1) is 25.4. The zero-order chi connectivity index (χ0) is 37.6. The molecule has 276 valence electrons. The first-order valence-corrected chi connectivity index (χ1v) is 17.9. The normalized spacial score (nSPS) is 18.7. The van der Waals surface area contributed by atoms with E-state index in [0.29, 0.717) is 53.7 Å². The van der Waals surface area contributed by atoms with Crippen molar-refractivity contribution in [1.82, 2.24) is 25.5 Å². The maximum absolute atomic E-state index is 15.2. The molecule has 4 heterocycles. The third-order valence-corrected chi connectivity index (χ3v) is 10.7. The van der Waals surface area contributed by atoms with E-state index in [1.165, 1.54) is 10.6 Å². The summed E-state index contributed by atoms with van der Waals surface area (Å²) in [6.07, 6.45) is 1.76. The molecule has 0 spiro atoms. The minimum absolute atomic E-state index is 0.00290. The van der Waals surface area contributed by atoms with Gasteiger partial charge in [-0.25, -0.2) is 14.2 Å². The lowest BCUT2D eigenvalue weighted by atomic mass is 9.81. The van der Waals surface area contributed by atoms with Gasteiger partial charge in [-0.3, -0.25) is 19.2 Å². The highest BCUT2D eigenvalue weighted by Crippen LogP contribution is 2.46. The number of carbonyl (C=O) groups is 4. The SMILES string of the molecule is CC[C@@]1(O)C(=O)OCc2c1cc1n(c2=O)Cc2c-1nc1cc(F)c(C)c3c1c2[C@@H](NC(=O)CCCNC(=O)CNC(=O)[C@@H](N)Cc1ccccc1)CC3. The molecule has 0 saturated heterocycles. The van der Waals surface area contributed by atoms with Crippen LogP contribution in [-0.4, -0.2) is 57.5 Å². The number of aromatic nitrogens is 2. The highest BCUT2D eigenvalue weighted by molar-refractivity contribution is 5.94. The van der Waals surface area contributed by atoms with Crippen LogP contribution in [0.1, 0.15) is 77.6 Å². The molecular formula is C39H41FN6O7. The summed E-state index contributed by atoms with van der Waals surface area (Å²) in [7, 11) is 0. The van der Waals surface area contributed by atoms with E-state index < -0.39 is 46.8 Å². The number of rotatable bonds is 11. The molecule has 6 N–H and O–H groups in total. The van der Waals surface area contributed by atoms with Gasteiger partial charge >= 0.3 is 5.97 Å². The van der Waals surface area contributed by atoms with Gasteiger partial charge in [0.15, 0.2) is 5.60 Å². The minimum Gasteiger partial charge on any atom is -0.458 e. The van der Waals surface area contributed by atoms with Crippen LogP contribution in [0.2, 0.25) is 0 Å². The number of cyclic esters (lactones) is 1. The number of aryl methyl sites for hydroxylation is 1. The van der Waals surface area contributed by atoms with Crippen LogP contribution in [0.3, 0.4) is 0 Å². The molecule has 2 aliphatic heterocycles. The van der Waals surface area contributed by atoms with Crippen molar-refractivity contribution in [3.05, 3.63) is 97.6 Å². The van der Waals surface area contributed by atoms with E-state index in [1.807, 2.05) is 30.3 Å².